The summed E-state index contributed by atoms with van der Waals surface area (Å²) < 4.78 is 7.22. The Morgan fingerprint density at radius 3 is 2.93 bits per heavy atom. The first-order valence-electron chi connectivity index (χ1n) is 9.75. The number of carbonyl (C=O) groups excluding carboxylic acids is 2. The number of nitrogens with one attached hydrogen (secondary N) is 1. The number of pyridine rings is 1. The molecule has 2 aromatic heterocycles. The highest BCUT2D eigenvalue weighted by atomic mass is 16.5. The van der Waals surface area contributed by atoms with Crippen LogP contribution in [0.1, 0.15) is 23.2 Å². The number of morpholine rings is 1. The fourth-order valence-corrected chi connectivity index (χ4v) is 3.99. The van der Waals surface area contributed by atoms with Crippen molar-refractivity contribution in [1.29, 1.82) is 0 Å². The Hall–Kier alpha value is -2.78. The van der Waals surface area contributed by atoms with Crippen LogP contribution in [0.5, 0.6) is 0 Å². The van der Waals surface area contributed by atoms with Crippen LogP contribution in [0.15, 0.2) is 35.4 Å². The lowest BCUT2D eigenvalue weighted by atomic mass is 10.1. The van der Waals surface area contributed by atoms with Gasteiger partial charge in [-0.15, -0.1) is 0 Å². The maximum absolute atomic E-state index is 12.7. The molecule has 2 fully saturated rings. The molecule has 2 aliphatic heterocycles. The standard InChI is InChI=1S/C20H25N5O4/c1-23(2)18(26)8-15-11-24-10-13(7-14(24)12-29-15)22-19(27)16-9-21-17-5-3-4-6-25(17)20(16)28/h3-6,9,13-15H,7-8,10-12H2,1-2H3,(H,22,27)/t13-,14-,15-/m0/s1. The monoisotopic (exact) mass is 399 g/mol. The summed E-state index contributed by atoms with van der Waals surface area (Å²) in [4.78, 5) is 45.2. The number of hydrogen-bond acceptors (Lipinski definition) is 6. The Morgan fingerprint density at radius 2 is 2.14 bits per heavy atom. The lowest BCUT2D eigenvalue weighted by molar-refractivity contribution is -0.134. The predicted molar refractivity (Wildman–Crippen MR) is 106 cm³/mol. The second kappa shape index (κ2) is 7.92. The minimum Gasteiger partial charge on any atom is -0.375 e. The summed E-state index contributed by atoms with van der Waals surface area (Å²) in [6.45, 7) is 1.88. The van der Waals surface area contributed by atoms with Gasteiger partial charge in [0.25, 0.3) is 11.5 Å². The van der Waals surface area contributed by atoms with E-state index in [-0.39, 0.29) is 35.2 Å². The molecular formula is C20H25N5O4. The number of amides is 2. The third-order valence-corrected chi connectivity index (χ3v) is 5.58. The van der Waals surface area contributed by atoms with Gasteiger partial charge in [-0.25, -0.2) is 4.98 Å². The van der Waals surface area contributed by atoms with Gasteiger partial charge in [0.1, 0.15) is 11.2 Å². The molecule has 3 atom stereocenters. The topological polar surface area (TPSA) is 96.3 Å². The number of nitrogens with zero attached hydrogens (tertiary/aromatic N) is 4. The van der Waals surface area contributed by atoms with Gasteiger partial charge >= 0.3 is 0 Å². The Labute approximate surface area is 168 Å². The summed E-state index contributed by atoms with van der Waals surface area (Å²) in [5.41, 5.74) is 0.154. The van der Waals surface area contributed by atoms with Gasteiger partial charge in [-0.05, 0) is 18.6 Å². The van der Waals surface area contributed by atoms with Crippen LogP contribution in [0.4, 0.5) is 0 Å². The summed E-state index contributed by atoms with van der Waals surface area (Å²) in [6, 6.07) is 5.37. The molecule has 9 heteroatoms. The fourth-order valence-electron chi connectivity index (χ4n) is 3.99. The van der Waals surface area contributed by atoms with Crippen LogP contribution in [0.3, 0.4) is 0 Å². The summed E-state index contributed by atoms with van der Waals surface area (Å²) in [5.74, 6) is -0.368. The molecule has 0 bridgehead atoms. The molecule has 2 aliphatic rings. The second-order valence-corrected chi connectivity index (χ2v) is 7.87. The van der Waals surface area contributed by atoms with Gasteiger partial charge in [-0.3, -0.25) is 23.7 Å². The van der Waals surface area contributed by atoms with Gasteiger partial charge in [0.05, 0.1) is 19.1 Å². The van der Waals surface area contributed by atoms with E-state index in [2.05, 4.69) is 15.2 Å². The molecule has 4 rings (SSSR count). The van der Waals surface area contributed by atoms with Gasteiger partial charge in [0.2, 0.25) is 5.91 Å². The van der Waals surface area contributed by atoms with Crippen molar-refractivity contribution in [2.75, 3.05) is 33.8 Å². The first-order valence-corrected chi connectivity index (χ1v) is 9.75. The van der Waals surface area contributed by atoms with Crippen LogP contribution in [0.25, 0.3) is 5.65 Å². The van der Waals surface area contributed by atoms with Crippen molar-refractivity contribution in [2.45, 2.75) is 31.0 Å². The Morgan fingerprint density at radius 1 is 1.31 bits per heavy atom. The highest BCUT2D eigenvalue weighted by Crippen LogP contribution is 2.24. The van der Waals surface area contributed by atoms with E-state index in [1.54, 1.807) is 43.4 Å². The first-order chi connectivity index (χ1) is 13.9. The van der Waals surface area contributed by atoms with Crippen molar-refractivity contribution in [2.24, 2.45) is 0 Å². The van der Waals surface area contributed by atoms with Crippen molar-refractivity contribution < 1.29 is 14.3 Å². The van der Waals surface area contributed by atoms with E-state index in [4.69, 9.17) is 4.74 Å². The van der Waals surface area contributed by atoms with Crippen molar-refractivity contribution in [1.82, 2.24) is 24.5 Å². The molecule has 2 aromatic rings. The normalized spacial score (nSPS) is 24.3. The van der Waals surface area contributed by atoms with Gasteiger partial charge < -0.3 is 15.0 Å². The highest BCUT2D eigenvalue weighted by molar-refractivity contribution is 5.94. The number of carbonyl (C=O) groups is 2. The number of aromatic nitrogens is 2. The van der Waals surface area contributed by atoms with Gasteiger partial charge in [0.15, 0.2) is 0 Å². The molecular weight excluding hydrogens is 374 g/mol. The third kappa shape index (κ3) is 4.01. The summed E-state index contributed by atoms with van der Waals surface area (Å²) in [7, 11) is 3.47. The number of fused-ring (bicyclic) bond motifs is 2. The quantitative estimate of drug-likeness (QED) is 0.761. The number of ether oxygens (including phenoxy) is 1. The zero-order chi connectivity index (χ0) is 20.5. The van der Waals surface area contributed by atoms with Crippen molar-refractivity contribution >= 4 is 17.5 Å². The van der Waals surface area contributed by atoms with Crippen LogP contribution >= 0.6 is 0 Å². The van der Waals surface area contributed by atoms with E-state index in [0.717, 1.165) is 6.42 Å². The molecule has 9 nitrogen and oxygen atoms in total. The Bertz CT molecular complexity index is 988. The molecule has 0 saturated carbocycles. The smallest absolute Gasteiger partial charge is 0.270 e. The van der Waals surface area contributed by atoms with E-state index in [1.165, 1.54) is 10.6 Å². The van der Waals surface area contributed by atoms with Gasteiger partial charge in [0, 0.05) is 51.7 Å². The molecule has 0 spiro atoms. The molecule has 0 aliphatic carbocycles. The van der Waals surface area contributed by atoms with Crippen LogP contribution in [0, 0.1) is 0 Å². The molecule has 29 heavy (non-hydrogen) atoms. The number of rotatable bonds is 4. The van der Waals surface area contributed by atoms with Crippen molar-refractivity contribution in [3.05, 3.63) is 46.5 Å². The Kier molecular flexibility index (Phi) is 5.33. The molecule has 154 valence electrons. The minimum atomic E-state index is -0.411. The lowest BCUT2D eigenvalue weighted by Crippen LogP contribution is -2.47. The van der Waals surface area contributed by atoms with Crippen LogP contribution < -0.4 is 10.9 Å². The molecule has 2 saturated heterocycles. The zero-order valence-electron chi connectivity index (χ0n) is 16.6. The fraction of sp³-hybridized carbons (Fsp3) is 0.500. The SMILES string of the molecule is CN(C)C(=O)C[C@H]1CN2C[C@@H](NC(=O)c3cnc4ccccn4c3=O)C[C@H]2CO1. The van der Waals surface area contributed by atoms with E-state index in [0.29, 0.717) is 31.8 Å². The van der Waals surface area contributed by atoms with Gasteiger partial charge in [-0.1, -0.05) is 6.07 Å². The maximum Gasteiger partial charge on any atom is 0.270 e. The van der Waals surface area contributed by atoms with Crippen molar-refractivity contribution in [3.63, 3.8) is 0 Å². The third-order valence-electron chi connectivity index (χ3n) is 5.58. The minimum absolute atomic E-state index is 0.0317. The molecule has 4 heterocycles. The van der Waals surface area contributed by atoms with Crippen LogP contribution in [-0.2, 0) is 9.53 Å². The molecule has 0 unspecified atom stereocenters. The number of hydrogen-bond donors (Lipinski definition) is 1. The lowest BCUT2D eigenvalue weighted by Gasteiger charge is -2.35. The second-order valence-electron chi connectivity index (χ2n) is 7.87. The molecule has 0 aromatic carbocycles. The van der Waals surface area contributed by atoms with E-state index in [1.807, 2.05) is 0 Å². The highest BCUT2D eigenvalue weighted by Gasteiger charge is 2.38. The maximum atomic E-state index is 12.7. The molecule has 2 amide bonds. The first kappa shape index (κ1) is 19.5. The van der Waals surface area contributed by atoms with Crippen molar-refractivity contribution in [3.8, 4) is 0 Å². The summed E-state index contributed by atoms with van der Waals surface area (Å²) in [5, 5.41) is 2.97. The van der Waals surface area contributed by atoms with E-state index < -0.39 is 5.91 Å². The summed E-state index contributed by atoms with van der Waals surface area (Å²) >= 11 is 0. The predicted octanol–water partition coefficient (Wildman–Crippen LogP) is -0.256. The average Bonchev–Trinajstić information content (AvgIpc) is 3.09. The summed E-state index contributed by atoms with van der Waals surface area (Å²) in [6.07, 6.45) is 3.91. The van der Waals surface area contributed by atoms with Crippen LogP contribution in [0.2, 0.25) is 0 Å². The van der Waals surface area contributed by atoms with Gasteiger partial charge in [-0.2, -0.15) is 0 Å². The molecule has 0 radical (unpaired) electrons. The van der Waals surface area contributed by atoms with E-state index >= 15 is 0 Å². The van der Waals surface area contributed by atoms with E-state index in [9.17, 15) is 14.4 Å². The van der Waals surface area contributed by atoms with Crippen LogP contribution in [-0.4, -0.2) is 83.0 Å². The molecule has 1 N–H and O–H groups in total. The zero-order valence-corrected chi connectivity index (χ0v) is 16.6. The Balaban J connectivity index is 1.39. The average molecular weight is 399 g/mol. The largest absolute Gasteiger partial charge is 0.375 e.